The van der Waals surface area contributed by atoms with Gasteiger partial charge in [0.1, 0.15) is 0 Å². The first-order valence-electron chi connectivity index (χ1n) is 6.07. The molecule has 0 aliphatic carbocycles. The van der Waals surface area contributed by atoms with Gasteiger partial charge in [-0.15, -0.1) is 12.4 Å². The van der Waals surface area contributed by atoms with Crippen LogP contribution in [0.1, 0.15) is 17.5 Å². The van der Waals surface area contributed by atoms with Gasteiger partial charge in [0.15, 0.2) is 0 Å². The summed E-state index contributed by atoms with van der Waals surface area (Å²) in [5.41, 5.74) is 2.74. The van der Waals surface area contributed by atoms with Gasteiger partial charge >= 0.3 is 0 Å². The van der Waals surface area contributed by atoms with Crippen molar-refractivity contribution in [2.75, 3.05) is 6.54 Å². The second-order valence-corrected chi connectivity index (χ2v) is 4.26. The largest absolute Gasteiger partial charge is 0.337 e. The lowest BCUT2D eigenvalue weighted by Crippen LogP contribution is -2.16. The molecule has 3 nitrogen and oxygen atoms in total. The van der Waals surface area contributed by atoms with Crippen LogP contribution in [0.4, 0.5) is 0 Å². The van der Waals surface area contributed by atoms with Crippen molar-refractivity contribution in [2.24, 2.45) is 0 Å². The van der Waals surface area contributed by atoms with Crippen LogP contribution >= 0.6 is 12.4 Å². The molecular formula is C14H20ClN3. The Morgan fingerprint density at radius 2 is 2.11 bits per heavy atom. The third-order valence-corrected chi connectivity index (χ3v) is 2.91. The highest BCUT2D eigenvalue weighted by atomic mass is 35.5. The number of aryl methyl sites for hydroxylation is 2. The molecule has 0 radical (unpaired) electrons. The summed E-state index contributed by atoms with van der Waals surface area (Å²) in [6.07, 6.45) is 6.81. The number of nitrogens with one attached hydrogen (secondary N) is 1. The van der Waals surface area contributed by atoms with Crippen molar-refractivity contribution >= 4 is 12.4 Å². The van der Waals surface area contributed by atoms with E-state index in [1.165, 1.54) is 11.1 Å². The summed E-state index contributed by atoms with van der Waals surface area (Å²) < 4.78 is 2.11. The zero-order chi connectivity index (χ0) is 11.9. The molecule has 1 N–H and O–H groups in total. The summed E-state index contributed by atoms with van der Waals surface area (Å²) >= 11 is 0. The van der Waals surface area contributed by atoms with E-state index in [0.717, 1.165) is 26.1 Å². The van der Waals surface area contributed by atoms with Crippen molar-refractivity contribution in [3.63, 3.8) is 0 Å². The van der Waals surface area contributed by atoms with Crippen molar-refractivity contribution in [3.8, 4) is 0 Å². The van der Waals surface area contributed by atoms with Crippen LogP contribution in [-0.4, -0.2) is 16.1 Å². The standard InChI is InChI=1S/C14H19N3.ClH/c1-13-5-2-3-6-14(13)11-15-7-4-9-17-10-8-16-12-17;/h2-3,5-6,8,10,12,15H,4,7,9,11H2,1H3;1H. The fourth-order valence-corrected chi connectivity index (χ4v) is 1.84. The van der Waals surface area contributed by atoms with Gasteiger partial charge in [0, 0.05) is 25.5 Å². The van der Waals surface area contributed by atoms with Gasteiger partial charge in [-0.3, -0.25) is 0 Å². The maximum absolute atomic E-state index is 4.02. The summed E-state index contributed by atoms with van der Waals surface area (Å²) in [5.74, 6) is 0. The molecule has 2 aromatic rings. The molecule has 98 valence electrons. The fraction of sp³-hybridized carbons (Fsp3) is 0.357. The molecule has 0 spiro atoms. The molecule has 0 saturated heterocycles. The van der Waals surface area contributed by atoms with Crippen molar-refractivity contribution < 1.29 is 0 Å². The van der Waals surface area contributed by atoms with Crippen LogP contribution in [0, 0.1) is 6.92 Å². The van der Waals surface area contributed by atoms with E-state index in [4.69, 9.17) is 0 Å². The molecule has 0 unspecified atom stereocenters. The van der Waals surface area contributed by atoms with E-state index in [-0.39, 0.29) is 12.4 Å². The Labute approximate surface area is 115 Å². The first-order chi connectivity index (χ1) is 8.36. The molecule has 1 aromatic carbocycles. The maximum Gasteiger partial charge on any atom is 0.0945 e. The molecular weight excluding hydrogens is 246 g/mol. The quantitative estimate of drug-likeness (QED) is 0.814. The first-order valence-corrected chi connectivity index (χ1v) is 6.07. The Morgan fingerprint density at radius 3 is 2.83 bits per heavy atom. The van der Waals surface area contributed by atoms with Crippen LogP contribution < -0.4 is 5.32 Å². The number of halogens is 1. The molecule has 2 rings (SSSR count). The van der Waals surface area contributed by atoms with Crippen molar-refractivity contribution in [1.82, 2.24) is 14.9 Å². The highest BCUT2D eigenvalue weighted by molar-refractivity contribution is 5.85. The average Bonchev–Trinajstić information content (AvgIpc) is 2.84. The van der Waals surface area contributed by atoms with Gasteiger partial charge in [0.25, 0.3) is 0 Å². The second kappa shape index (κ2) is 7.90. The highest BCUT2D eigenvalue weighted by Gasteiger charge is 1.96. The summed E-state index contributed by atoms with van der Waals surface area (Å²) in [6, 6.07) is 8.51. The molecule has 0 aliphatic rings. The Hall–Kier alpha value is -1.32. The van der Waals surface area contributed by atoms with E-state index in [1.54, 1.807) is 0 Å². The van der Waals surface area contributed by atoms with Gasteiger partial charge in [0.2, 0.25) is 0 Å². The predicted octanol–water partition coefficient (Wildman–Crippen LogP) is 2.79. The number of aromatic nitrogens is 2. The minimum atomic E-state index is 0. The van der Waals surface area contributed by atoms with Crippen molar-refractivity contribution in [3.05, 3.63) is 54.1 Å². The third-order valence-electron chi connectivity index (χ3n) is 2.91. The van der Waals surface area contributed by atoms with E-state index in [2.05, 4.69) is 46.1 Å². The number of rotatable bonds is 6. The summed E-state index contributed by atoms with van der Waals surface area (Å²) in [4.78, 5) is 4.02. The molecule has 0 saturated carbocycles. The number of imidazole rings is 1. The van der Waals surface area contributed by atoms with Crippen molar-refractivity contribution in [2.45, 2.75) is 26.4 Å². The molecule has 0 amide bonds. The van der Waals surface area contributed by atoms with Gasteiger partial charge in [-0.2, -0.15) is 0 Å². The number of nitrogens with zero attached hydrogens (tertiary/aromatic N) is 2. The van der Waals surface area contributed by atoms with Crippen LogP contribution in [0.15, 0.2) is 43.0 Å². The zero-order valence-electron chi connectivity index (χ0n) is 10.7. The van der Waals surface area contributed by atoms with Crippen LogP contribution in [-0.2, 0) is 13.1 Å². The second-order valence-electron chi connectivity index (χ2n) is 4.26. The van der Waals surface area contributed by atoms with Crippen LogP contribution in [0.2, 0.25) is 0 Å². The minimum absolute atomic E-state index is 0. The SMILES string of the molecule is Cc1ccccc1CNCCCn1ccnc1.Cl. The Bertz CT molecular complexity index is 440. The summed E-state index contributed by atoms with van der Waals surface area (Å²) in [7, 11) is 0. The number of hydrogen-bond acceptors (Lipinski definition) is 2. The molecule has 0 atom stereocenters. The van der Waals surface area contributed by atoms with Gasteiger partial charge in [-0.1, -0.05) is 24.3 Å². The molecule has 1 aromatic heterocycles. The number of benzene rings is 1. The molecule has 0 bridgehead atoms. The first kappa shape index (κ1) is 14.7. The van der Waals surface area contributed by atoms with Gasteiger partial charge in [-0.05, 0) is 31.0 Å². The minimum Gasteiger partial charge on any atom is -0.337 e. The van der Waals surface area contributed by atoms with E-state index < -0.39 is 0 Å². The summed E-state index contributed by atoms with van der Waals surface area (Å²) in [5, 5.41) is 3.47. The van der Waals surface area contributed by atoms with E-state index in [9.17, 15) is 0 Å². The third kappa shape index (κ3) is 4.51. The Balaban J connectivity index is 0.00000162. The lowest BCUT2D eigenvalue weighted by molar-refractivity contribution is 0.580. The summed E-state index contributed by atoms with van der Waals surface area (Å²) in [6.45, 7) is 5.17. The maximum atomic E-state index is 4.02. The Kier molecular flexibility index (Phi) is 6.47. The van der Waals surface area contributed by atoms with E-state index in [0.29, 0.717) is 0 Å². The average molecular weight is 266 g/mol. The molecule has 0 fully saturated rings. The lowest BCUT2D eigenvalue weighted by atomic mass is 10.1. The van der Waals surface area contributed by atoms with E-state index >= 15 is 0 Å². The van der Waals surface area contributed by atoms with Crippen LogP contribution in [0.25, 0.3) is 0 Å². The van der Waals surface area contributed by atoms with E-state index in [1.807, 2.05) is 18.7 Å². The predicted molar refractivity (Wildman–Crippen MR) is 77.0 cm³/mol. The molecule has 1 heterocycles. The van der Waals surface area contributed by atoms with Crippen LogP contribution in [0.3, 0.4) is 0 Å². The normalized spacial score (nSPS) is 10.1. The van der Waals surface area contributed by atoms with Crippen molar-refractivity contribution in [1.29, 1.82) is 0 Å². The fourth-order valence-electron chi connectivity index (χ4n) is 1.84. The van der Waals surface area contributed by atoms with Crippen LogP contribution in [0.5, 0.6) is 0 Å². The van der Waals surface area contributed by atoms with Gasteiger partial charge < -0.3 is 9.88 Å². The topological polar surface area (TPSA) is 29.9 Å². The molecule has 4 heteroatoms. The Morgan fingerprint density at radius 1 is 1.28 bits per heavy atom. The monoisotopic (exact) mass is 265 g/mol. The zero-order valence-corrected chi connectivity index (χ0v) is 11.5. The molecule has 0 aliphatic heterocycles. The highest BCUT2D eigenvalue weighted by Crippen LogP contribution is 2.05. The molecule has 18 heavy (non-hydrogen) atoms. The van der Waals surface area contributed by atoms with Gasteiger partial charge in [0.05, 0.1) is 6.33 Å². The number of hydrogen-bond donors (Lipinski definition) is 1. The van der Waals surface area contributed by atoms with Gasteiger partial charge in [-0.25, -0.2) is 4.98 Å². The lowest BCUT2D eigenvalue weighted by Gasteiger charge is -2.07. The smallest absolute Gasteiger partial charge is 0.0945 e.